The molecule has 1 fully saturated rings. The van der Waals surface area contributed by atoms with Crippen LogP contribution in [0.4, 0.5) is 0 Å². The van der Waals surface area contributed by atoms with Crippen molar-refractivity contribution in [2.24, 2.45) is 7.05 Å². The largest absolute Gasteiger partial charge is 0.306 e. The summed E-state index contributed by atoms with van der Waals surface area (Å²) in [4.78, 5) is 2.40. The number of hydrogen-bond acceptors (Lipinski definition) is 2. The molecule has 0 aliphatic carbocycles. The number of nitrogens with zero attached hydrogens (tertiary/aromatic N) is 3. The van der Waals surface area contributed by atoms with Crippen LogP contribution in [-0.4, -0.2) is 34.8 Å². The molecule has 0 atom stereocenters. The SMILES string of the molecule is Cc1nn(C)c(C2CCN(C)CC2)c1Br. The van der Waals surface area contributed by atoms with Gasteiger partial charge in [-0.1, -0.05) is 0 Å². The van der Waals surface area contributed by atoms with Gasteiger partial charge in [-0.2, -0.15) is 5.10 Å². The van der Waals surface area contributed by atoms with Crippen LogP contribution in [0.3, 0.4) is 0 Å². The van der Waals surface area contributed by atoms with Gasteiger partial charge in [0.1, 0.15) is 0 Å². The Balaban J connectivity index is 2.22. The maximum atomic E-state index is 4.46. The van der Waals surface area contributed by atoms with Crippen LogP contribution < -0.4 is 0 Å². The Morgan fingerprint density at radius 1 is 1.27 bits per heavy atom. The van der Waals surface area contributed by atoms with Gasteiger partial charge >= 0.3 is 0 Å². The van der Waals surface area contributed by atoms with Gasteiger partial charge in [0.2, 0.25) is 0 Å². The standard InChI is InChI=1S/C11H18BrN3/c1-8-10(12)11(15(3)13-8)9-4-6-14(2)7-5-9/h9H,4-7H2,1-3H3. The summed E-state index contributed by atoms with van der Waals surface area (Å²) in [5, 5.41) is 4.46. The van der Waals surface area contributed by atoms with Crippen LogP contribution in [0, 0.1) is 6.92 Å². The predicted octanol–water partition coefficient (Wildman–Crippen LogP) is 2.30. The van der Waals surface area contributed by atoms with E-state index in [1.54, 1.807) is 0 Å². The molecule has 0 unspecified atom stereocenters. The van der Waals surface area contributed by atoms with Crippen molar-refractivity contribution in [3.63, 3.8) is 0 Å². The van der Waals surface area contributed by atoms with Crippen molar-refractivity contribution in [1.82, 2.24) is 14.7 Å². The average molecular weight is 272 g/mol. The highest BCUT2D eigenvalue weighted by molar-refractivity contribution is 9.10. The minimum absolute atomic E-state index is 0.668. The smallest absolute Gasteiger partial charge is 0.0738 e. The van der Waals surface area contributed by atoms with Crippen molar-refractivity contribution in [2.45, 2.75) is 25.7 Å². The fourth-order valence-corrected chi connectivity index (χ4v) is 3.04. The minimum atomic E-state index is 0.668. The number of aromatic nitrogens is 2. The Kier molecular flexibility index (Phi) is 3.16. The van der Waals surface area contributed by atoms with Gasteiger partial charge in [-0.05, 0) is 55.8 Å². The minimum Gasteiger partial charge on any atom is -0.306 e. The third-order valence-electron chi connectivity index (χ3n) is 3.30. The Morgan fingerprint density at radius 2 is 1.87 bits per heavy atom. The fourth-order valence-electron chi connectivity index (χ4n) is 2.38. The first-order valence-electron chi connectivity index (χ1n) is 5.47. The summed E-state index contributed by atoms with van der Waals surface area (Å²) in [5.74, 6) is 0.668. The average Bonchev–Trinajstić information content (AvgIpc) is 2.44. The quantitative estimate of drug-likeness (QED) is 0.782. The Labute approximate surface area is 99.6 Å². The van der Waals surface area contributed by atoms with E-state index in [1.807, 2.05) is 11.7 Å². The van der Waals surface area contributed by atoms with Crippen molar-refractivity contribution in [1.29, 1.82) is 0 Å². The van der Waals surface area contributed by atoms with E-state index in [2.05, 4.69) is 39.9 Å². The lowest BCUT2D eigenvalue weighted by atomic mass is 9.93. The van der Waals surface area contributed by atoms with E-state index >= 15 is 0 Å². The number of hydrogen-bond donors (Lipinski definition) is 0. The van der Waals surface area contributed by atoms with E-state index in [9.17, 15) is 0 Å². The topological polar surface area (TPSA) is 21.1 Å². The number of halogens is 1. The van der Waals surface area contributed by atoms with E-state index in [0.29, 0.717) is 5.92 Å². The molecular formula is C11H18BrN3. The van der Waals surface area contributed by atoms with Crippen LogP contribution in [0.2, 0.25) is 0 Å². The highest BCUT2D eigenvalue weighted by Crippen LogP contribution is 2.33. The highest BCUT2D eigenvalue weighted by Gasteiger charge is 2.24. The second kappa shape index (κ2) is 4.26. The van der Waals surface area contributed by atoms with Crippen LogP contribution in [0.5, 0.6) is 0 Å². The monoisotopic (exact) mass is 271 g/mol. The van der Waals surface area contributed by atoms with Crippen LogP contribution in [0.15, 0.2) is 4.47 Å². The predicted molar refractivity (Wildman–Crippen MR) is 65.1 cm³/mol. The lowest BCUT2D eigenvalue weighted by Gasteiger charge is -2.29. The molecule has 0 spiro atoms. The molecule has 1 aromatic rings. The van der Waals surface area contributed by atoms with Crippen molar-refractivity contribution in [3.05, 3.63) is 15.9 Å². The molecule has 84 valence electrons. The van der Waals surface area contributed by atoms with E-state index in [0.717, 1.165) is 5.69 Å². The van der Waals surface area contributed by atoms with E-state index in [4.69, 9.17) is 0 Å². The fraction of sp³-hybridized carbons (Fsp3) is 0.727. The lowest BCUT2D eigenvalue weighted by molar-refractivity contribution is 0.250. The van der Waals surface area contributed by atoms with Gasteiger partial charge in [-0.3, -0.25) is 4.68 Å². The summed E-state index contributed by atoms with van der Waals surface area (Å²) in [6.45, 7) is 4.45. The Morgan fingerprint density at radius 3 is 2.33 bits per heavy atom. The van der Waals surface area contributed by atoms with Crippen LogP contribution in [0.1, 0.15) is 30.1 Å². The van der Waals surface area contributed by atoms with E-state index in [-0.39, 0.29) is 0 Å². The maximum Gasteiger partial charge on any atom is 0.0738 e. The van der Waals surface area contributed by atoms with Gasteiger partial charge in [0.25, 0.3) is 0 Å². The second-order valence-corrected chi connectivity index (χ2v) is 5.28. The first kappa shape index (κ1) is 11.1. The van der Waals surface area contributed by atoms with Gasteiger partial charge in [0, 0.05) is 13.0 Å². The molecule has 15 heavy (non-hydrogen) atoms. The zero-order valence-corrected chi connectivity index (χ0v) is 11.2. The summed E-state index contributed by atoms with van der Waals surface area (Å²) in [6.07, 6.45) is 2.49. The lowest BCUT2D eigenvalue weighted by Crippen LogP contribution is -2.30. The highest BCUT2D eigenvalue weighted by atomic mass is 79.9. The van der Waals surface area contributed by atoms with Crippen molar-refractivity contribution >= 4 is 15.9 Å². The normalized spacial score (nSPS) is 19.7. The summed E-state index contributed by atoms with van der Waals surface area (Å²) in [7, 11) is 4.24. The molecule has 0 amide bonds. The van der Waals surface area contributed by atoms with Crippen LogP contribution >= 0.6 is 15.9 Å². The van der Waals surface area contributed by atoms with Gasteiger partial charge < -0.3 is 4.90 Å². The zero-order chi connectivity index (χ0) is 11.0. The van der Waals surface area contributed by atoms with Gasteiger partial charge in [-0.15, -0.1) is 0 Å². The molecule has 2 heterocycles. The van der Waals surface area contributed by atoms with Gasteiger partial charge in [0.15, 0.2) is 0 Å². The Bertz CT molecular complexity index is 351. The summed E-state index contributed by atoms with van der Waals surface area (Å²) < 4.78 is 3.25. The number of likely N-dealkylation sites (tertiary alicyclic amines) is 1. The molecule has 4 heteroatoms. The van der Waals surface area contributed by atoms with E-state index < -0.39 is 0 Å². The maximum absolute atomic E-state index is 4.46. The molecule has 0 radical (unpaired) electrons. The number of piperidine rings is 1. The summed E-state index contributed by atoms with van der Waals surface area (Å²) >= 11 is 3.65. The first-order valence-corrected chi connectivity index (χ1v) is 6.26. The molecule has 0 aromatic carbocycles. The number of rotatable bonds is 1. The van der Waals surface area contributed by atoms with Crippen molar-refractivity contribution < 1.29 is 0 Å². The summed E-state index contributed by atoms with van der Waals surface area (Å²) in [6, 6.07) is 0. The molecule has 1 aliphatic rings. The van der Waals surface area contributed by atoms with Crippen LogP contribution in [0.25, 0.3) is 0 Å². The van der Waals surface area contributed by atoms with Gasteiger partial charge in [0.05, 0.1) is 15.9 Å². The van der Waals surface area contributed by atoms with Crippen LogP contribution in [-0.2, 0) is 7.05 Å². The molecule has 1 aromatic heterocycles. The molecular weight excluding hydrogens is 254 g/mol. The molecule has 2 rings (SSSR count). The molecule has 0 bridgehead atoms. The zero-order valence-electron chi connectivity index (χ0n) is 9.63. The molecule has 0 N–H and O–H groups in total. The molecule has 1 saturated heterocycles. The Hall–Kier alpha value is -0.350. The summed E-state index contributed by atoms with van der Waals surface area (Å²) in [5.41, 5.74) is 2.48. The molecule has 0 saturated carbocycles. The second-order valence-electron chi connectivity index (χ2n) is 4.49. The first-order chi connectivity index (χ1) is 7.09. The number of aryl methyl sites for hydroxylation is 2. The molecule has 1 aliphatic heterocycles. The van der Waals surface area contributed by atoms with E-state index in [1.165, 1.54) is 36.1 Å². The van der Waals surface area contributed by atoms with Crippen molar-refractivity contribution in [3.8, 4) is 0 Å². The third kappa shape index (κ3) is 2.11. The van der Waals surface area contributed by atoms with Gasteiger partial charge in [-0.25, -0.2) is 0 Å². The molecule has 3 nitrogen and oxygen atoms in total. The van der Waals surface area contributed by atoms with Crippen molar-refractivity contribution in [2.75, 3.05) is 20.1 Å². The third-order valence-corrected chi connectivity index (χ3v) is 4.28.